The number of amides is 2. The molecule has 2 rings (SSSR count). The van der Waals surface area contributed by atoms with Gasteiger partial charge in [-0.3, -0.25) is 14.8 Å². The van der Waals surface area contributed by atoms with Crippen molar-refractivity contribution in [2.75, 3.05) is 7.11 Å². The molecular formula is C18H16BN3O5. The first-order valence-corrected chi connectivity index (χ1v) is 7.66. The maximum absolute atomic E-state index is 12.2. The van der Waals surface area contributed by atoms with Crippen molar-refractivity contribution < 1.29 is 24.6 Å². The lowest BCUT2D eigenvalue weighted by molar-refractivity contribution is -0.124. The minimum atomic E-state index is -0.684. The van der Waals surface area contributed by atoms with Crippen LogP contribution in [0.4, 0.5) is 0 Å². The molecule has 0 saturated carbocycles. The van der Waals surface area contributed by atoms with E-state index in [1.165, 1.54) is 37.0 Å². The zero-order chi connectivity index (χ0) is 19.8. The number of nitrogens with zero attached hydrogens (tertiary/aromatic N) is 1. The van der Waals surface area contributed by atoms with Crippen LogP contribution in [0.5, 0.6) is 11.5 Å². The van der Waals surface area contributed by atoms with E-state index in [0.29, 0.717) is 16.7 Å². The number of hydrogen-bond donors (Lipinski definition) is 4. The quantitative estimate of drug-likeness (QED) is 0.195. The molecule has 0 atom stereocenters. The first-order chi connectivity index (χ1) is 12.9. The molecule has 2 amide bonds. The summed E-state index contributed by atoms with van der Waals surface area (Å²) in [6.07, 6.45) is 3.88. The Hall–Kier alpha value is -3.59. The van der Waals surface area contributed by atoms with E-state index >= 15 is 0 Å². The van der Waals surface area contributed by atoms with Crippen LogP contribution in [0.1, 0.15) is 21.5 Å². The van der Waals surface area contributed by atoms with Gasteiger partial charge in [0.25, 0.3) is 11.8 Å². The molecule has 0 heterocycles. The number of phenolic OH excluding ortho intramolecular Hbond substituents is 1. The van der Waals surface area contributed by atoms with Crippen LogP contribution in [-0.2, 0) is 4.79 Å². The molecule has 2 aromatic carbocycles. The van der Waals surface area contributed by atoms with E-state index in [4.69, 9.17) is 17.8 Å². The Morgan fingerprint density at radius 2 is 2.04 bits per heavy atom. The number of carbonyl (C=O) groups is 2. The summed E-state index contributed by atoms with van der Waals surface area (Å²) in [6, 6.07) is 9.25. The molecule has 136 valence electrons. The van der Waals surface area contributed by atoms with Gasteiger partial charge in [-0.05, 0) is 41.5 Å². The van der Waals surface area contributed by atoms with Gasteiger partial charge in [-0.15, -0.1) is 0 Å². The minimum absolute atomic E-state index is 0.101. The SMILES string of the molecule is [B]c1cc(O)c(OC)cc1/C=N/NC(=O)c1cccc(/C=C/C(=O)NO)c1. The average Bonchev–Trinajstić information content (AvgIpc) is 2.67. The monoisotopic (exact) mass is 365 g/mol. The van der Waals surface area contributed by atoms with Crippen LogP contribution in [0.25, 0.3) is 6.08 Å². The number of hydrazone groups is 1. The Balaban J connectivity index is 2.09. The number of ether oxygens (including phenoxy) is 1. The molecular weight excluding hydrogens is 349 g/mol. The summed E-state index contributed by atoms with van der Waals surface area (Å²) in [5.41, 5.74) is 5.45. The molecule has 0 aliphatic carbocycles. The van der Waals surface area contributed by atoms with Crippen molar-refractivity contribution in [2.24, 2.45) is 5.10 Å². The van der Waals surface area contributed by atoms with E-state index < -0.39 is 11.8 Å². The lowest BCUT2D eigenvalue weighted by Gasteiger charge is -2.07. The summed E-state index contributed by atoms with van der Waals surface area (Å²) >= 11 is 0. The molecule has 8 nitrogen and oxygen atoms in total. The second kappa shape index (κ2) is 9.21. The highest BCUT2D eigenvalue weighted by atomic mass is 16.5. The van der Waals surface area contributed by atoms with Crippen molar-refractivity contribution in [1.82, 2.24) is 10.9 Å². The summed E-state index contributed by atoms with van der Waals surface area (Å²) in [7, 11) is 7.19. The molecule has 2 aromatic rings. The van der Waals surface area contributed by atoms with Gasteiger partial charge < -0.3 is 9.84 Å². The molecule has 2 radical (unpaired) electrons. The van der Waals surface area contributed by atoms with Crippen LogP contribution in [0.2, 0.25) is 0 Å². The minimum Gasteiger partial charge on any atom is -0.504 e. The standard InChI is InChI=1S/C18H16BN3O5/c1-27-16-8-13(14(19)9-15(16)23)10-20-21-18(25)12-4-2-3-11(7-12)5-6-17(24)22-26/h2-10,23,26H,1H3,(H,21,25)(H,22,24)/b6-5+,20-10+. The summed E-state index contributed by atoms with van der Waals surface area (Å²) in [6.45, 7) is 0. The van der Waals surface area contributed by atoms with Crippen LogP contribution in [0, 0.1) is 0 Å². The number of hydroxylamine groups is 1. The fourth-order valence-electron chi connectivity index (χ4n) is 2.09. The molecule has 0 bridgehead atoms. The third kappa shape index (κ3) is 5.45. The molecule has 0 aliphatic heterocycles. The summed E-state index contributed by atoms with van der Waals surface area (Å²) in [4.78, 5) is 23.2. The lowest BCUT2D eigenvalue weighted by atomic mass is 9.90. The number of rotatable bonds is 6. The topological polar surface area (TPSA) is 120 Å². The van der Waals surface area contributed by atoms with Gasteiger partial charge in [-0.1, -0.05) is 17.6 Å². The summed E-state index contributed by atoms with van der Waals surface area (Å²) in [5.74, 6) is -1.03. The number of carbonyl (C=O) groups excluding carboxylic acids is 2. The Morgan fingerprint density at radius 1 is 1.26 bits per heavy atom. The Kier molecular flexibility index (Phi) is 6.73. The van der Waals surface area contributed by atoms with Crippen molar-refractivity contribution in [3.05, 3.63) is 59.2 Å². The van der Waals surface area contributed by atoms with Gasteiger partial charge in [0.1, 0.15) is 7.85 Å². The van der Waals surface area contributed by atoms with Crippen molar-refractivity contribution in [3.63, 3.8) is 0 Å². The zero-order valence-electron chi connectivity index (χ0n) is 14.3. The molecule has 0 fully saturated rings. The molecule has 0 aromatic heterocycles. The highest BCUT2D eigenvalue weighted by Gasteiger charge is 2.07. The number of aromatic hydroxyl groups is 1. The molecule has 4 N–H and O–H groups in total. The normalized spacial score (nSPS) is 10.9. The van der Waals surface area contributed by atoms with E-state index in [1.807, 2.05) is 0 Å². The van der Waals surface area contributed by atoms with Gasteiger partial charge in [0.2, 0.25) is 0 Å². The van der Waals surface area contributed by atoms with E-state index in [2.05, 4.69) is 10.5 Å². The second-order valence-corrected chi connectivity index (χ2v) is 5.29. The Bertz CT molecular complexity index is 912. The smallest absolute Gasteiger partial charge is 0.271 e. The molecule has 0 spiro atoms. The van der Waals surface area contributed by atoms with Crippen molar-refractivity contribution >= 4 is 37.4 Å². The van der Waals surface area contributed by atoms with Crippen LogP contribution in [0.3, 0.4) is 0 Å². The highest BCUT2D eigenvalue weighted by molar-refractivity contribution is 6.35. The second-order valence-electron chi connectivity index (χ2n) is 5.29. The van der Waals surface area contributed by atoms with Crippen LogP contribution in [-0.4, -0.2) is 43.3 Å². The fourth-order valence-corrected chi connectivity index (χ4v) is 2.09. The van der Waals surface area contributed by atoms with E-state index in [9.17, 15) is 14.7 Å². The van der Waals surface area contributed by atoms with Gasteiger partial charge >= 0.3 is 0 Å². The summed E-state index contributed by atoms with van der Waals surface area (Å²) < 4.78 is 4.99. The average molecular weight is 365 g/mol. The maximum Gasteiger partial charge on any atom is 0.271 e. The van der Waals surface area contributed by atoms with E-state index in [0.717, 1.165) is 6.08 Å². The maximum atomic E-state index is 12.2. The number of benzene rings is 2. The van der Waals surface area contributed by atoms with Crippen LogP contribution in [0.15, 0.2) is 47.6 Å². The van der Waals surface area contributed by atoms with Crippen molar-refractivity contribution in [3.8, 4) is 11.5 Å². The number of phenols is 1. The zero-order valence-corrected chi connectivity index (χ0v) is 14.3. The Labute approximate surface area is 156 Å². The number of nitrogens with one attached hydrogen (secondary N) is 2. The lowest BCUT2D eigenvalue weighted by Crippen LogP contribution is -2.19. The molecule has 27 heavy (non-hydrogen) atoms. The molecule has 0 unspecified atom stereocenters. The van der Waals surface area contributed by atoms with E-state index in [-0.39, 0.29) is 17.0 Å². The molecule has 9 heteroatoms. The first kappa shape index (κ1) is 19.7. The molecule has 0 saturated heterocycles. The van der Waals surface area contributed by atoms with E-state index in [1.54, 1.807) is 24.3 Å². The largest absolute Gasteiger partial charge is 0.504 e. The number of hydrogen-bond acceptors (Lipinski definition) is 6. The Morgan fingerprint density at radius 3 is 2.74 bits per heavy atom. The van der Waals surface area contributed by atoms with Gasteiger partial charge in [0.15, 0.2) is 11.5 Å². The predicted octanol–water partition coefficient (Wildman–Crippen LogP) is 0.477. The first-order valence-electron chi connectivity index (χ1n) is 7.66. The van der Waals surface area contributed by atoms with Crippen LogP contribution < -0.4 is 21.1 Å². The van der Waals surface area contributed by atoms with Gasteiger partial charge in [0.05, 0.1) is 13.3 Å². The van der Waals surface area contributed by atoms with Crippen LogP contribution >= 0.6 is 0 Å². The van der Waals surface area contributed by atoms with Gasteiger partial charge in [0, 0.05) is 11.6 Å². The van der Waals surface area contributed by atoms with Crippen molar-refractivity contribution in [2.45, 2.75) is 0 Å². The predicted molar refractivity (Wildman–Crippen MR) is 101 cm³/mol. The van der Waals surface area contributed by atoms with Gasteiger partial charge in [-0.2, -0.15) is 5.10 Å². The molecule has 0 aliphatic rings. The van der Waals surface area contributed by atoms with Gasteiger partial charge in [-0.25, -0.2) is 10.9 Å². The third-order valence-electron chi connectivity index (χ3n) is 3.44. The third-order valence-corrected chi connectivity index (χ3v) is 3.44. The summed E-state index contributed by atoms with van der Waals surface area (Å²) in [5, 5.41) is 21.9. The number of methoxy groups -OCH3 is 1. The fraction of sp³-hybridized carbons (Fsp3) is 0.0556. The van der Waals surface area contributed by atoms with Crippen molar-refractivity contribution in [1.29, 1.82) is 0 Å². The highest BCUT2D eigenvalue weighted by Crippen LogP contribution is 2.24.